The Labute approximate surface area is 186 Å². The molecular weight excluding hydrogens is 364 g/mol. The molecule has 168 valence electrons. The van der Waals surface area contributed by atoms with Crippen molar-refractivity contribution in [1.29, 1.82) is 0 Å². The molecule has 1 aromatic carbocycles. The van der Waals surface area contributed by atoms with Gasteiger partial charge in [0, 0.05) is 18.3 Å². The van der Waals surface area contributed by atoms with Crippen molar-refractivity contribution in [2.75, 3.05) is 6.54 Å². The van der Waals surface area contributed by atoms with Crippen LogP contribution in [0.1, 0.15) is 95.9 Å². The van der Waals surface area contributed by atoms with E-state index >= 15 is 0 Å². The highest BCUT2D eigenvalue weighted by atomic mass is 15.1. The van der Waals surface area contributed by atoms with Crippen molar-refractivity contribution in [3.05, 3.63) is 34.4 Å². The first-order valence-electron chi connectivity index (χ1n) is 12.8. The van der Waals surface area contributed by atoms with Gasteiger partial charge in [-0.1, -0.05) is 72.4 Å². The van der Waals surface area contributed by atoms with Crippen LogP contribution >= 0.6 is 0 Å². The molecule has 0 aromatic heterocycles. The predicted octanol–water partition coefficient (Wildman–Crippen LogP) is 6.57. The smallest absolute Gasteiger partial charge is 0.0718 e. The molecule has 0 spiro atoms. The molecule has 0 amide bonds. The van der Waals surface area contributed by atoms with Crippen molar-refractivity contribution in [3.8, 4) is 0 Å². The van der Waals surface area contributed by atoms with Crippen molar-refractivity contribution in [1.82, 2.24) is 5.32 Å². The summed E-state index contributed by atoms with van der Waals surface area (Å²) in [6.07, 6.45) is 13.4. The third kappa shape index (κ3) is 5.18. The fourth-order valence-corrected chi connectivity index (χ4v) is 6.21. The Morgan fingerprint density at radius 1 is 1.10 bits per heavy atom. The summed E-state index contributed by atoms with van der Waals surface area (Å²) in [5.41, 5.74) is 6.54. The highest BCUT2D eigenvalue weighted by Gasteiger charge is 2.40. The molecule has 2 aliphatic rings. The molecule has 4 unspecified atom stereocenters. The van der Waals surface area contributed by atoms with E-state index in [1.54, 1.807) is 22.3 Å². The Bertz CT molecular complexity index is 720. The van der Waals surface area contributed by atoms with Gasteiger partial charge >= 0.3 is 0 Å². The van der Waals surface area contributed by atoms with E-state index in [1.165, 1.54) is 44.9 Å². The highest BCUT2D eigenvalue weighted by molar-refractivity contribution is 5.62. The normalized spacial score (nSPS) is 25.1. The predicted molar refractivity (Wildman–Crippen MR) is 132 cm³/mol. The number of fused-ring (bicyclic) bond motifs is 2. The first-order valence-corrected chi connectivity index (χ1v) is 12.8. The molecule has 0 saturated heterocycles. The number of nitrogens with one attached hydrogen (secondary N) is 1. The Hall–Kier alpha value is -1.15. The van der Waals surface area contributed by atoms with Gasteiger partial charge in [0.15, 0.2) is 0 Å². The Balaban J connectivity index is 1.92. The number of hydrogen-bond acceptors (Lipinski definition) is 2. The van der Waals surface area contributed by atoms with E-state index in [-0.39, 0.29) is 5.54 Å². The van der Waals surface area contributed by atoms with Crippen LogP contribution in [0.4, 0.5) is 0 Å². The van der Waals surface area contributed by atoms with Crippen molar-refractivity contribution in [3.63, 3.8) is 0 Å². The van der Waals surface area contributed by atoms with Crippen LogP contribution in [0.5, 0.6) is 0 Å². The van der Waals surface area contributed by atoms with E-state index in [1.807, 2.05) is 0 Å². The molecule has 4 atom stereocenters. The molecule has 0 bridgehead atoms. The van der Waals surface area contributed by atoms with Crippen molar-refractivity contribution >= 4 is 6.21 Å². The molecule has 1 heterocycles. The van der Waals surface area contributed by atoms with Crippen molar-refractivity contribution in [2.24, 2.45) is 22.7 Å². The molecule has 3 rings (SSSR count). The van der Waals surface area contributed by atoms with Crippen LogP contribution in [-0.4, -0.2) is 24.3 Å². The maximum Gasteiger partial charge on any atom is 0.0718 e. The summed E-state index contributed by atoms with van der Waals surface area (Å²) in [6, 6.07) is 5.58. The lowest BCUT2D eigenvalue weighted by atomic mass is 9.72. The molecule has 1 N–H and O–H groups in total. The highest BCUT2D eigenvalue weighted by Crippen LogP contribution is 2.37. The van der Waals surface area contributed by atoms with E-state index in [9.17, 15) is 0 Å². The van der Waals surface area contributed by atoms with Crippen LogP contribution in [-0.2, 0) is 25.7 Å². The van der Waals surface area contributed by atoms with E-state index in [4.69, 9.17) is 4.99 Å². The second-order valence-electron chi connectivity index (χ2n) is 10.6. The third-order valence-corrected chi connectivity index (χ3v) is 7.97. The fraction of sp³-hybridized carbons (Fsp3) is 0.750. The van der Waals surface area contributed by atoms with Gasteiger partial charge in [-0.2, -0.15) is 0 Å². The van der Waals surface area contributed by atoms with Gasteiger partial charge in [-0.15, -0.1) is 0 Å². The summed E-state index contributed by atoms with van der Waals surface area (Å²) in [6.45, 7) is 15.2. The first kappa shape index (κ1) is 23.5. The first-order chi connectivity index (χ1) is 14.4. The van der Waals surface area contributed by atoms with Gasteiger partial charge in [-0.25, -0.2) is 0 Å². The van der Waals surface area contributed by atoms with Crippen LogP contribution in [0.3, 0.4) is 0 Å². The molecule has 0 radical (unpaired) electrons. The molecule has 1 aliphatic carbocycles. The molecule has 1 aromatic rings. The molecule has 30 heavy (non-hydrogen) atoms. The maximum absolute atomic E-state index is 4.89. The van der Waals surface area contributed by atoms with Crippen LogP contribution < -0.4 is 5.32 Å². The summed E-state index contributed by atoms with van der Waals surface area (Å²) in [7, 11) is 0. The summed E-state index contributed by atoms with van der Waals surface area (Å²) in [5.74, 6) is 2.41. The number of benzene rings is 1. The number of aliphatic imine (C=N–C) groups is 1. The zero-order valence-corrected chi connectivity index (χ0v) is 20.6. The van der Waals surface area contributed by atoms with Gasteiger partial charge in [0.05, 0.1) is 6.04 Å². The van der Waals surface area contributed by atoms with Crippen LogP contribution in [0, 0.1) is 17.8 Å². The molecule has 1 aliphatic heterocycles. The summed E-state index contributed by atoms with van der Waals surface area (Å²) < 4.78 is 0. The zero-order chi connectivity index (χ0) is 21.7. The Morgan fingerprint density at radius 3 is 2.53 bits per heavy atom. The van der Waals surface area contributed by atoms with Gasteiger partial charge in [-0.3, -0.25) is 4.99 Å². The van der Waals surface area contributed by atoms with Gasteiger partial charge in [-0.05, 0) is 79.0 Å². The topological polar surface area (TPSA) is 24.4 Å². The Morgan fingerprint density at radius 2 is 1.87 bits per heavy atom. The van der Waals surface area contributed by atoms with Gasteiger partial charge < -0.3 is 5.32 Å². The number of aryl methyl sites for hydroxylation is 1. The number of rotatable bonds is 10. The minimum Gasteiger partial charge on any atom is -0.304 e. The molecular formula is C28H46N2. The Kier molecular flexibility index (Phi) is 8.18. The minimum absolute atomic E-state index is 0.126. The molecule has 0 saturated carbocycles. The van der Waals surface area contributed by atoms with E-state index in [2.05, 4.69) is 65.2 Å². The standard InChI is InChI=1S/C28H46N2/c1-7-10-12-22(26(9-3)20(4)5)16-23-17-24-18-27-28(6,30-14-13-29-27)19-25(24)15-21(23)11-8-2/h13,15,17,20,22,26-27,30H,7-12,14,16,18-19H2,1-6H3. The van der Waals surface area contributed by atoms with Crippen molar-refractivity contribution < 1.29 is 0 Å². The quantitative estimate of drug-likeness (QED) is 0.463. The lowest BCUT2D eigenvalue weighted by molar-refractivity contribution is 0.226. The monoisotopic (exact) mass is 410 g/mol. The van der Waals surface area contributed by atoms with Gasteiger partial charge in [0.2, 0.25) is 0 Å². The minimum atomic E-state index is 0.126. The fourth-order valence-electron chi connectivity index (χ4n) is 6.21. The second-order valence-corrected chi connectivity index (χ2v) is 10.6. The van der Waals surface area contributed by atoms with Crippen LogP contribution in [0.15, 0.2) is 17.1 Å². The third-order valence-electron chi connectivity index (χ3n) is 7.97. The zero-order valence-electron chi connectivity index (χ0n) is 20.6. The average molecular weight is 411 g/mol. The van der Waals surface area contributed by atoms with E-state index in [0.717, 1.165) is 37.1 Å². The van der Waals surface area contributed by atoms with E-state index < -0.39 is 0 Å². The maximum atomic E-state index is 4.89. The summed E-state index contributed by atoms with van der Waals surface area (Å²) >= 11 is 0. The average Bonchev–Trinajstić information content (AvgIpc) is 2.71. The summed E-state index contributed by atoms with van der Waals surface area (Å²) in [4.78, 5) is 4.89. The lowest BCUT2D eigenvalue weighted by Gasteiger charge is -2.43. The van der Waals surface area contributed by atoms with E-state index in [0.29, 0.717) is 6.04 Å². The molecule has 2 heteroatoms. The molecule has 0 fully saturated rings. The van der Waals surface area contributed by atoms with Crippen LogP contribution in [0.2, 0.25) is 0 Å². The van der Waals surface area contributed by atoms with Crippen LogP contribution in [0.25, 0.3) is 0 Å². The summed E-state index contributed by atoms with van der Waals surface area (Å²) in [5, 5.41) is 3.75. The number of unbranched alkanes of at least 4 members (excludes halogenated alkanes) is 1. The van der Waals surface area contributed by atoms with Gasteiger partial charge in [0.25, 0.3) is 0 Å². The molecule has 2 nitrogen and oxygen atoms in total. The second kappa shape index (κ2) is 10.4. The largest absolute Gasteiger partial charge is 0.304 e. The van der Waals surface area contributed by atoms with Crippen molar-refractivity contribution in [2.45, 2.75) is 111 Å². The number of hydrogen-bond donors (Lipinski definition) is 1. The lowest BCUT2D eigenvalue weighted by Crippen LogP contribution is -2.58. The van der Waals surface area contributed by atoms with Gasteiger partial charge in [0.1, 0.15) is 0 Å². The SMILES string of the molecule is CCCCC(Cc1cc2c(cc1CCC)CC1(C)NCC=NC1C2)C(CC)C(C)C. The number of nitrogens with zero attached hydrogens (tertiary/aromatic N) is 1.